The monoisotopic (exact) mass is 312 g/mol. The first-order valence-corrected chi connectivity index (χ1v) is 7.54. The lowest BCUT2D eigenvalue weighted by atomic mass is 10.1. The van der Waals surface area contributed by atoms with Gasteiger partial charge in [0.05, 0.1) is 17.3 Å². The summed E-state index contributed by atoms with van der Waals surface area (Å²) in [6.45, 7) is 3.84. The van der Waals surface area contributed by atoms with Crippen LogP contribution in [0.1, 0.15) is 23.5 Å². The minimum absolute atomic E-state index is 0.0586. The highest BCUT2D eigenvalue weighted by Crippen LogP contribution is 2.11. The summed E-state index contributed by atoms with van der Waals surface area (Å²) in [5.41, 5.74) is 0. The van der Waals surface area contributed by atoms with Crippen molar-refractivity contribution in [2.75, 3.05) is 26.7 Å². The Balaban J connectivity index is 2.61. The van der Waals surface area contributed by atoms with E-state index < -0.39 is 11.9 Å². The van der Waals surface area contributed by atoms with Crippen LogP contribution in [-0.2, 0) is 9.59 Å². The summed E-state index contributed by atoms with van der Waals surface area (Å²) in [6, 6.07) is 3.48. The summed E-state index contributed by atoms with van der Waals surface area (Å²) in [6.07, 6.45) is 0. The number of carbonyl (C=O) groups excluding carboxylic acids is 2. The van der Waals surface area contributed by atoms with Gasteiger partial charge >= 0.3 is 5.97 Å². The fourth-order valence-electron chi connectivity index (χ4n) is 1.78. The normalized spacial score (nSPS) is 11.8. The Hall–Kier alpha value is -1.89. The Morgan fingerprint density at radius 1 is 1.38 bits per heavy atom. The highest BCUT2D eigenvalue weighted by atomic mass is 32.1. The Morgan fingerprint density at radius 3 is 2.52 bits per heavy atom. The van der Waals surface area contributed by atoms with Gasteiger partial charge in [0.1, 0.15) is 0 Å². The first-order valence-electron chi connectivity index (χ1n) is 6.66. The number of carboxylic acid groups (broad SMARTS) is 1. The zero-order valence-electron chi connectivity index (χ0n) is 12.4. The SMILES string of the molecule is CCN(CC(C)C(=O)O)C(=O)CN(C)C(=O)c1cccs1. The van der Waals surface area contributed by atoms with Crippen LogP contribution in [-0.4, -0.2) is 59.4 Å². The zero-order valence-corrected chi connectivity index (χ0v) is 13.2. The van der Waals surface area contributed by atoms with E-state index in [4.69, 9.17) is 5.11 Å². The quantitative estimate of drug-likeness (QED) is 0.825. The van der Waals surface area contributed by atoms with Gasteiger partial charge in [0.25, 0.3) is 5.91 Å². The fourth-order valence-corrected chi connectivity index (χ4v) is 2.50. The van der Waals surface area contributed by atoms with Crippen LogP contribution in [0.25, 0.3) is 0 Å². The molecule has 116 valence electrons. The number of thiophene rings is 1. The van der Waals surface area contributed by atoms with Crippen LogP contribution in [0.15, 0.2) is 17.5 Å². The summed E-state index contributed by atoms with van der Waals surface area (Å²) >= 11 is 1.32. The Morgan fingerprint density at radius 2 is 2.05 bits per heavy atom. The average Bonchev–Trinajstić information content (AvgIpc) is 2.97. The molecule has 0 aliphatic carbocycles. The van der Waals surface area contributed by atoms with E-state index in [1.165, 1.54) is 21.1 Å². The summed E-state index contributed by atoms with van der Waals surface area (Å²) < 4.78 is 0. The first-order chi connectivity index (χ1) is 9.86. The molecule has 1 N–H and O–H groups in total. The standard InChI is InChI=1S/C14H20N2O4S/c1-4-16(8-10(2)14(19)20)12(17)9-15(3)13(18)11-6-5-7-21-11/h5-7,10H,4,8-9H2,1-3H3,(H,19,20). The minimum Gasteiger partial charge on any atom is -0.481 e. The number of aliphatic carboxylic acids is 1. The number of likely N-dealkylation sites (N-methyl/N-ethyl adjacent to an activating group) is 2. The summed E-state index contributed by atoms with van der Waals surface area (Å²) in [7, 11) is 1.56. The minimum atomic E-state index is -0.940. The van der Waals surface area contributed by atoms with E-state index in [2.05, 4.69) is 0 Å². The van der Waals surface area contributed by atoms with E-state index in [1.54, 1.807) is 38.4 Å². The molecule has 0 radical (unpaired) electrons. The maximum atomic E-state index is 12.2. The van der Waals surface area contributed by atoms with Crippen molar-refractivity contribution in [3.05, 3.63) is 22.4 Å². The molecule has 1 heterocycles. The van der Waals surface area contributed by atoms with E-state index in [1.807, 2.05) is 0 Å². The van der Waals surface area contributed by atoms with Gasteiger partial charge < -0.3 is 14.9 Å². The third-order valence-corrected chi connectivity index (χ3v) is 3.96. The predicted octanol–water partition coefficient (Wildman–Crippen LogP) is 1.39. The van der Waals surface area contributed by atoms with E-state index in [-0.39, 0.29) is 24.9 Å². The van der Waals surface area contributed by atoms with Crippen molar-refractivity contribution in [1.29, 1.82) is 0 Å². The number of nitrogens with zero attached hydrogens (tertiary/aromatic N) is 2. The number of carbonyl (C=O) groups is 3. The van der Waals surface area contributed by atoms with Crippen molar-refractivity contribution in [1.82, 2.24) is 9.80 Å². The summed E-state index contributed by atoms with van der Waals surface area (Å²) in [4.78, 5) is 38.5. The van der Waals surface area contributed by atoms with Gasteiger partial charge in [-0.05, 0) is 18.4 Å². The van der Waals surface area contributed by atoms with Gasteiger partial charge in [-0.2, -0.15) is 0 Å². The number of carboxylic acids is 1. The third kappa shape index (κ3) is 4.86. The lowest BCUT2D eigenvalue weighted by Gasteiger charge is -2.25. The Labute approximate surface area is 128 Å². The van der Waals surface area contributed by atoms with Crippen LogP contribution >= 0.6 is 11.3 Å². The van der Waals surface area contributed by atoms with Gasteiger partial charge in [0.15, 0.2) is 0 Å². The van der Waals surface area contributed by atoms with Crippen LogP contribution in [0.2, 0.25) is 0 Å². The molecule has 0 bridgehead atoms. The van der Waals surface area contributed by atoms with E-state index >= 15 is 0 Å². The zero-order chi connectivity index (χ0) is 16.0. The molecule has 21 heavy (non-hydrogen) atoms. The summed E-state index contributed by atoms with van der Waals surface area (Å²) in [5.74, 6) is -2.03. The molecule has 1 unspecified atom stereocenters. The number of hydrogen-bond donors (Lipinski definition) is 1. The van der Waals surface area contributed by atoms with Crippen molar-refractivity contribution < 1.29 is 19.5 Å². The highest BCUT2D eigenvalue weighted by molar-refractivity contribution is 7.12. The molecule has 0 aromatic carbocycles. The molecule has 0 aliphatic heterocycles. The van der Waals surface area contributed by atoms with Crippen molar-refractivity contribution >= 4 is 29.1 Å². The van der Waals surface area contributed by atoms with Gasteiger partial charge in [-0.3, -0.25) is 14.4 Å². The molecule has 0 saturated heterocycles. The molecule has 2 amide bonds. The second-order valence-electron chi connectivity index (χ2n) is 4.81. The molecule has 0 saturated carbocycles. The molecule has 6 nitrogen and oxygen atoms in total. The smallest absolute Gasteiger partial charge is 0.308 e. The molecule has 0 fully saturated rings. The molecular formula is C14H20N2O4S. The fraction of sp³-hybridized carbons (Fsp3) is 0.500. The van der Waals surface area contributed by atoms with Gasteiger partial charge in [-0.25, -0.2) is 0 Å². The van der Waals surface area contributed by atoms with Crippen LogP contribution in [0.3, 0.4) is 0 Å². The summed E-state index contributed by atoms with van der Waals surface area (Å²) in [5, 5.41) is 10.7. The van der Waals surface area contributed by atoms with Gasteiger partial charge in [-0.15, -0.1) is 11.3 Å². The van der Waals surface area contributed by atoms with E-state index in [0.29, 0.717) is 11.4 Å². The molecule has 0 aliphatic rings. The van der Waals surface area contributed by atoms with Crippen molar-refractivity contribution in [2.24, 2.45) is 5.92 Å². The van der Waals surface area contributed by atoms with Crippen LogP contribution in [0.4, 0.5) is 0 Å². The maximum absolute atomic E-state index is 12.2. The molecule has 7 heteroatoms. The predicted molar refractivity (Wildman–Crippen MR) is 80.3 cm³/mol. The van der Waals surface area contributed by atoms with Gasteiger partial charge in [0.2, 0.25) is 5.91 Å². The lowest BCUT2D eigenvalue weighted by molar-refractivity contribution is -0.143. The van der Waals surface area contributed by atoms with E-state index in [9.17, 15) is 14.4 Å². The van der Waals surface area contributed by atoms with Gasteiger partial charge in [0, 0.05) is 20.1 Å². The van der Waals surface area contributed by atoms with Crippen molar-refractivity contribution in [3.8, 4) is 0 Å². The van der Waals surface area contributed by atoms with E-state index in [0.717, 1.165) is 0 Å². The largest absolute Gasteiger partial charge is 0.481 e. The van der Waals surface area contributed by atoms with Crippen LogP contribution in [0.5, 0.6) is 0 Å². The van der Waals surface area contributed by atoms with Crippen LogP contribution < -0.4 is 0 Å². The molecular weight excluding hydrogens is 292 g/mol. The second kappa shape index (κ2) is 7.78. The molecule has 1 aromatic rings. The average molecular weight is 312 g/mol. The van der Waals surface area contributed by atoms with Gasteiger partial charge in [-0.1, -0.05) is 13.0 Å². The number of amides is 2. The number of rotatable bonds is 7. The highest BCUT2D eigenvalue weighted by Gasteiger charge is 2.22. The molecule has 0 spiro atoms. The van der Waals surface area contributed by atoms with Crippen molar-refractivity contribution in [3.63, 3.8) is 0 Å². The number of hydrogen-bond acceptors (Lipinski definition) is 4. The van der Waals surface area contributed by atoms with Crippen molar-refractivity contribution in [2.45, 2.75) is 13.8 Å². The molecule has 1 atom stereocenters. The molecule has 1 rings (SSSR count). The second-order valence-corrected chi connectivity index (χ2v) is 5.76. The third-order valence-electron chi connectivity index (χ3n) is 3.10. The van der Waals surface area contributed by atoms with Crippen LogP contribution in [0, 0.1) is 5.92 Å². The topological polar surface area (TPSA) is 77.9 Å². The molecule has 1 aromatic heterocycles. The maximum Gasteiger partial charge on any atom is 0.308 e. The first kappa shape index (κ1) is 17.2. The Kier molecular flexibility index (Phi) is 6.36. The Bertz CT molecular complexity index is 501. The lowest BCUT2D eigenvalue weighted by Crippen LogP contribution is -2.43.